The van der Waals surface area contributed by atoms with Crippen LogP contribution in [0.2, 0.25) is 0 Å². The summed E-state index contributed by atoms with van der Waals surface area (Å²) in [6, 6.07) is 4.92. The Balaban J connectivity index is 2.17. The summed E-state index contributed by atoms with van der Waals surface area (Å²) >= 11 is 0. The van der Waals surface area contributed by atoms with Gasteiger partial charge in [-0.3, -0.25) is 0 Å². The minimum atomic E-state index is -4.86. The lowest BCUT2D eigenvalue weighted by molar-refractivity contribution is -0.139. The number of aromatic nitrogens is 1. The molecule has 0 amide bonds. The Morgan fingerprint density at radius 3 is 2.28 bits per heavy atom. The molecule has 1 saturated carbocycles. The van der Waals surface area contributed by atoms with E-state index < -0.39 is 43.6 Å². The van der Waals surface area contributed by atoms with Crippen LogP contribution >= 0.6 is 0 Å². The largest absolute Gasteiger partial charge is 0.462 e. The summed E-state index contributed by atoms with van der Waals surface area (Å²) in [6.45, 7) is 9.23. The zero-order valence-electron chi connectivity index (χ0n) is 21.7. The van der Waals surface area contributed by atoms with Gasteiger partial charge in [0.2, 0.25) is 0 Å². The molecule has 0 saturated heterocycles. The summed E-state index contributed by atoms with van der Waals surface area (Å²) < 4.78 is 75.4. The second kappa shape index (κ2) is 10.6. The fourth-order valence-electron chi connectivity index (χ4n) is 4.99. The number of halogens is 3. The predicted molar refractivity (Wildman–Crippen MR) is 134 cm³/mol. The number of carbonyl (C=O) groups excluding carboxylic acids is 1. The van der Waals surface area contributed by atoms with Crippen molar-refractivity contribution in [2.45, 2.75) is 84.3 Å². The van der Waals surface area contributed by atoms with Crippen LogP contribution in [-0.4, -0.2) is 31.3 Å². The van der Waals surface area contributed by atoms with E-state index in [1.54, 1.807) is 40.7 Å². The monoisotopic (exact) mass is 527 g/mol. The Bertz CT molecular complexity index is 1200. The lowest BCUT2D eigenvalue weighted by Crippen LogP contribution is -2.23. The van der Waals surface area contributed by atoms with E-state index in [9.17, 15) is 26.4 Å². The minimum absolute atomic E-state index is 0.181. The van der Waals surface area contributed by atoms with Crippen molar-refractivity contribution in [3.63, 3.8) is 0 Å². The lowest BCUT2D eigenvalue weighted by Gasteiger charge is -2.25. The van der Waals surface area contributed by atoms with E-state index in [2.05, 4.69) is 0 Å². The predicted octanol–water partition coefficient (Wildman–Crippen LogP) is 7.06. The number of nitrogens with zero attached hydrogens (tertiary/aromatic N) is 1. The van der Waals surface area contributed by atoms with Crippen LogP contribution in [0.3, 0.4) is 0 Å². The summed E-state index contributed by atoms with van der Waals surface area (Å²) in [5, 5.41) is 0. The number of esters is 1. The van der Waals surface area contributed by atoms with Crippen molar-refractivity contribution >= 4 is 15.8 Å². The summed E-state index contributed by atoms with van der Waals surface area (Å²) in [4.78, 5) is 11.9. The molecular weight excluding hydrogens is 491 g/mol. The molecule has 0 radical (unpaired) electrons. The second-order valence-electron chi connectivity index (χ2n) is 10.9. The highest BCUT2D eigenvalue weighted by Gasteiger charge is 2.39. The highest BCUT2D eigenvalue weighted by Crippen LogP contribution is 2.40. The molecule has 1 aliphatic rings. The number of rotatable bonds is 7. The van der Waals surface area contributed by atoms with Gasteiger partial charge in [0, 0.05) is 17.9 Å². The molecule has 0 N–H and O–H groups in total. The smallest absolute Gasteiger partial charge is 0.417 e. The maximum Gasteiger partial charge on any atom is 0.417 e. The van der Waals surface area contributed by atoms with E-state index in [4.69, 9.17) is 4.74 Å². The van der Waals surface area contributed by atoms with Gasteiger partial charge >= 0.3 is 12.1 Å². The van der Waals surface area contributed by atoms with Gasteiger partial charge < -0.3 is 9.30 Å². The number of alkyl halides is 3. The second-order valence-corrected chi connectivity index (χ2v) is 12.9. The fraction of sp³-hybridized carbons (Fsp3) is 0.593. The van der Waals surface area contributed by atoms with Crippen molar-refractivity contribution in [2.24, 2.45) is 11.3 Å². The van der Waals surface area contributed by atoms with Gasteiger partial charge in [-0.15, -0.1) is 0 Å². The molecule has 1 aliphatic carbocycles. The SMILES string of the molecule is CCOC(=O)c1cc(-c2ccc(S(=O)(=O)CC(C)(C)C)c(C(F)(F)F)c2)n(CC2CCCCC2)c1C. The number of sulfone groups is 1. The molecule has 5 nitrogen and oxygen atoms in total. The van der Waals surface area contributed by atoms with Gasteiger partial charge in [0.1, 0.15) is 0 Å². The van der Waals surface area contributed by atoms with Crippen LogP contribution in [0, 0.1) is 18.3 Å². The van der Waals surface area contributed by atoms with Gasteiger partial charge in [0.05, 0.1) is 28.4 Å². The maximum atomic E-state index is 14.1. The maximum absolute atomic E-state index is 14.1. The first-order valence-electron chi connectivity index (χ1n) is 12.5. The molecule has 0 aliphatic heterocycles. The van der Waals surface area contributed by atoms with Crippen LogP contribution in [0.4, 0.5) is 13.2 Å². The van der Waals surface area contributed by atoms with Gasteiger partial charge in [-0.1, -0.05) is 46.1 Å². The van der Waals surface area contributed by atoms with Crippen LogP contribution in [0.15, 0.2) is 29.2 Å². The van der Waals surface area contributed by atoms with E-state index in [1.165, 1.54) is 12.5 Å². The first-order chi connectivity index (χ1) is 16.6. The number of hydrogen-bond acceptors (Lipinski definition) is 4. The Labute approximate surface area is 212 Å². The lowest BCUT2D eigenvalue weighted by atomic mass is 9.89. The summed E-state index contributed by atoms with van der Waals surface area (Å²) in [5.74, 6) is -0.585. The molecular formula is C27H36F3NO4S. The highest BCUT2D eigenvalue weighted by molar-refractivity contribution is 7.91. The molecule has 1 fully saturated rings. The van der Waals surface area contributed by atoms with Gasteiger partial charge in [-0.25, -0.2) is 13.2 Å². The van der Waals surface area contributed by atoms with Crippen molar-refractivity contribution in [3.8, 4) is 11.3 Å². The van der Waals surface area contributed by atoms with Crippen LogP contribution in [-0.2, 0) is 27.3 Å². The van der Waals surface area contributed by atoms with Crippen LogP contribution in [0.1, 0.15) is 81.4 Å². The molecule has 0 atom stereocenters. The summed E-state index contributed by atoms with van der Waals surface area (Å²) in [6.07, 6.45) is 0.540. The molecule has 0 unspecified atom stereocenters. The number of carbonyl (C=O) groups is 1. The van der Waals surface area contributed by atoms with Crippen molar-refractivity contribution in [2.75, 3.05) is 12.4 Å². The zero-order chi connectivity index (χ0) is 26.9. The van der Waals surface area contributed by atoms with Gasteiger partial charge in [0.25, 0.3) is 0 Å². The molecule has 0 bridgehead atoms. The Hall–Kier alpha value is -2.29. The zero-order valence-corrected chi connectivity index (χ0v) is 22.5. The molecule has 1 aromatic heterocycles. The van der Waals surface area contributed by atoms with E-state index in [0.29, 0.717) is 29.4 Å². The Morgan fingerprint density at radius 2 is 1.72 bits per heavy atom. The first-order valence-corrected chi connectivity index (χ1v) is 14.1. The standard InChI is InChI=1S/C27H36F3NO4S/c1-6-35-25(32)21-15-23(31(18(21)2)16-19-10-8-7-9-11-19)20-12-13-24(22(14-20)27(28,29)30)36(33,34)17-26(3,4)5/h12-15,19H,6-11,16-17H2,1-5H3. The molecule has 36 heavy (non-hydrogen) atoms. The van der Waals surface area contributed by atoms with Crippen LogP contribution in [0.25, 0.3) is 11.3 Å². The molecule has 1 heterocycles. The molecule has 9 heteroatoms. The third-order valence-electron chi connectivity index (χ3n) is 6.57. The van der Waals surface area contributed by atoms with Crippen molar-refractivity contribution in [1.82, 2.24) is 4.57 Å². The minimum Gasteiger partial charge on any atom is -0.462 e. The van der Waals surface area contributed by atoms with Gasteiger partial charge in [-0.2, -0.15) is 13.2 Å². The van der Waals surface area contributed by atoms with Crippen molar-refractivity contribution in [3.05, 3.63) is 41.1 Å². The first kappa shape index (κ1) is 28.3. The summed E-state index contributed by atoms with van der Waals surface area (Å²) in [7, 11) is -4.19. The molecule has 2 aromatic rings. The molecule has 1 aromatic carbocycles. The van der Waals surface area contributed by atoms with E-state index >= 15 is 0 Å². The Morgan fingerprint density at radius 1 is 1.08 bits per heavy atom. The average Bonchev–Trinajstić information content (AvgIpc) is 3.08. The van der Waals surface area contributed by atoms with Crippen LogP contribution in [0.5, 0.6) is 0 Å². The van der Waals surface area contributed by atoms with E-state index in [0.717, 1.165) is 37.8 Å². The highest BCUT2D eigenvalue weighted by atomic mass is 32.2. The summed E-state index contributed by atoms with van der Waals surface area (Å²) in [5.41, 5.74) is -0.295. The average molecular weight is 528 g/mol. The quantitative estimate of drug-likeness (QED) is 0.362. The van der Waals surface area contributed by atoms with E-state index in [-0.39, 0.29) is 12.2 Å². The topological polar surface area (TPSA) is 65.4 Å². The molecule has 200 valence electrons. The van der Waals surface area contributed by atoms with Gasteiger partial charge in [0.15, 0.2) is 9.84 Å². The molecule has 0 spiro atoms. The van der Waals surface area contributed by atoms with E-state index in [1.807, 2.05) is 4.57 Å². The third kappa shape index (κ3) is 6.52. The fourth-order valence-corrected chi connectivity index (χ4v) is 7.07. The van der Waals surface area contributed by atoms with Crippen LogP contribution < -0.4 is 0 Å². The molecule has 3 rings (SSSR count). The van der Waals surface area contributed by atoms with Crippen molar-refractivity contribution < 1.29 is 31.1 Å². The number of benzene rings is 1. The van der Waals surface area contributed by atoms with Crippen molar-refractivity contribution in [1.29, 1.82) is 0 Å². The third-order valence-corrected chi connectivity index (χ3v) is 8.84. The number of ether oxygens (including phenoxy) is 1. The number of hydrogen-bond donors (Lipinski definition) is 0. The normalized spacial score (nSPS) is 15.8. The van der Waals surface area contributed by atoms with Gasteiger partial charge in [-0.05, 0) is 61.8 Å². The Kier molecular flexibility index (Phi) is 8.33.